The minimum atomic E-state index is -0.523. The maximum absolute atomic E-state index is 12.5. The van der Waals surface area contributed by atoms with E-state index in [2.05, 4.69) is 0 Å². The van der Waals surface area contributed by atoms with Crippen LogP contribution in [0.1, 0.15) is 45.5 Å². The molecule has 30 heavy (non-hydrogen) atoms. The first-order chi connectivity index (χ1) is 14.6. The van der Waals surface area contributed by atoms with E-state index >= 15 is 0 Å². The average molecular weight is 406 g/mol. The zero-order chi connectivity index (χ0) is 21.1. The van der Waals surface area contributed by atoms with Gasteiger partial charge in [-0.2, -0.15) is 0 Å². The topological polar surface area (TPSA) is 84.0 Å². The van der Waals surface area contributed by atoms with Crippen LogP contribution in [-0.4, -0.2) is 48.3 Å². The van der Waals surface area contributed by atoms with Gasteiger partial charge >= 0.3 is 5.97 Å². The fraction of sp³-hybridized carbons (Fsp3) is 0.304. The van der Waals surface area contributed by atoms with Crippen LogP contribution < -0.4 is 4.90 Å². The number of esters is 1. The van der Waals surface area contributed by atoms with Crippen LogP contribution in [0, 0.1) is 0 Å². The van der Waals surface area contributed by atoms with Gasteiger partial charge < -0.3 is 9.64 Å². The Kier molecular flexibility index (Phi) is 5.61. The molecule has 2 aromatic rings. The van der Waals surface area contributed by atoms with Gasteiger partial charge in [-0.05, 0) is 43.0 Å². The third-order valence-electron chi connectivity index (χ3n) is 5.41. The number of para-hydroxylation sites is 1. The van der Waals surface area contributed by atoms with Crippen molar-refractivity contribution in [1.82, 2.24) is 4.90 Å². The smallest absolute Gasteiger partial charge is 0.306 e. The lowest BCUT2D eigenvalue weighted by atomic mass is 10.0. The highest BCUT2D eigenvalue weighted by Crippen LogP contribution is 2.27. The molecule has 0 aromatic heterocycles. The molecule has 0 saturated carbocycles. The summed E-state index contributed by atoms with van der Waals surface area (Å²) in [7, 11) is 0. The molecular weight excluding hydrogens is 384 g/mol. The second-order valence-corrected chi connectivity index (χ2v) is 7.35. The van der Waals surface area contributed by atoms with E-state index < -0.39 is 5.97 Å². The van der Waals surface area contributed by atoms with Gasteiger partial charge in [0.2, 0.25) is 0 Å². The first-order valence-electron chi connectivity index (χ1n) is 10.1. The van der Waals surface area contributed by atoms with Gasteiger partial charge in [0.15, 0.2) is 6.61 Å². The Hall–Kier alpha value is -3.48. The monoisotopic (exact) mass is 406 g/mol. The molecule has 0 saturated heterocycles. The summed E-state index contributed by atoms with van der Waals surface area (Å²) in [5.74, 6) is -1.47. The molecule has 2 aliphatic heterocycles. The molecule has 0 atom stereocenters. The lowest BCUT2D eigenvalue weighted by molar-refractivity contribution is -0.148. The average Bonchev–Trinajstić information content (AvgIpc) is 3.02. The molecule has 7 nitrogen and oxygen atoms in total. The van der Waals surface area contributed by atoms with Gasteiger partial charge in [-0.3, -0.25) is 24.1 Å². The zero-order valence-electron chi connectivity index (χ0n) is 16.5. The largest absolute Gasteiger partial charge is 0.456 e. The van der Waals surface area contributed by atoms with E-state index in [0.717, 1.165) is 29.0 Å². The first kappa shape index (κ1) is 19.8. The van der Waals surface area contributed by atoms with Gasteiger partial charge in [0.25, 0.3) is 17.7 Å². The molecule has 0 spiro atoms. The quantitative estimate of drug-likeness (QED) is 0.544. The third-order valence-corrected chi connectivity index (χ3v) is 5.41. The number of ether oxygens (including phenoxy) is 1. The minimum Gasteiger partial charge on any atom is -0.456 e. The number of benzene rings is 2. The summed E-state index contributed by atoms with van der Waals surface area (Å²) in [6.07, 6.45) is 2.11. The Labute approximate surface area is 174 Å². The fourth-order valence-corrected chi connectivity index (χ4v) is 3.91. The molecule has 4 rings (SSSR count). The van der Waals surface area contributed by atoms with Crippen LogP contribution >= 0.6 is 0 Å². The van der Waals surface area contributed by atoms with E-state index in [1.54, 1.807) is 29.2 Å². The van der Waals surface area contributed by atoms with E-state index in [0.29, 0.717) is 17.7 Å². The molecule has 0 fully saturated rings. The molecular formula is C23H22N2O5. The summed E-state index contributed by atoms with van der Waals surface area (Å²) in [5, 5.41) is 0. The van der Waals surface area contributed by atoms with Crippen LogP contribution in [-0.2, 0) is 20.7 Å². The maximum Gasteiger partial charge on any atom is 0.306 e. The Balaban J connectivity index is 1.24. The van der Waals surface area contributed by atoms with Gasteiger partial charge in [0.05, 0.1) is 11.1 Å². The van der Waals surface area contributed by atoms with Crippen LogP contribution in [0.2, 0.25) is 0 Å². The molecule has 0 radical (unpaired) electrons. The van der Waals surface area contributed by atoms with E-state index in [-0.39, 0.29) is 43.7 Å². The van der Waals surface area contributed by atoms with Crippen molar-refractivity contribution in [3.63, 3.8) is 0 Å². The van der Waals surface area contributed by atoms with Crippen LogP contribution in [0.15, 0.2) is 48.5 Å². The van der Waals surface area contributed by atoms with Crippen molar-refractivity contribution in [2.75, 3.05) is 24.6 Å². The lowest BCUT2D eigenvalue weighted by Crippen LogP contribution is -2.38. The Morgan fingerprint density at radius 3 is 2.33 bits per heavy atom. The van der Waals surface area contributed by atoms with E-state index in [1.165, 1.54) is 0 Å². The number of anilines is 1. The van der Waals surface area contributed by atoms with Crippen LogP contribution in [0.3, 0.4) is 0 Å². The van der Waals surface area contributed by atoms with Crippen molar-refractivity contribution in [3.05, 3.63) is 65.2 Å². The zero-order valence-corrected chi connectivity index (χ0v) is 16.5. The standard InChI is InChI=1S/C23H22N2O5/c26-20(24-13-5-8-16-7-1-4-11-19(16)24)15-30-21(27)12-6-14-25-22(28)17-9-2-3-10-18(17)23(25)29/h1-4,7,9-11H,5-6,8,12-15H2. The van der Waals surface area contributed by atoms with Crippen molar-refractivity contribution < 1.29 is 23.9 Å². The Bertz CT molecular complexity index is 981. The van der Waals surface area contributed by atoms with Crippen molar-refractivity contribution in [1.29, 1.82) is 0 Å². The molecule has 0 aliphatic carbocycles. The molecule has 2 aliphatic rings. The number of aryl methyl sites for hydroxylation is 1. The summed E-state index contributed by atoms with van der Waals surface area (Å²) in [6, 6.07) is 14.4. The fourth-order valence-electron chi connectivity index (χ4n) is 3.91. The van der Waals surface area contributed by atoms with Gasteiger partial charge in [-0.15, -0.1) is 0 Å². The van der Waals surface area contributed by atoms with E-state index in [9.17, 15) is 19.2 Å². The highest BCUT2D eigenvalue weighted by molar-refractivity contribution is 6.21. The number of carbonyl (C=O) groups excluding carboxylic acids is 4. The Morgan fingerprint density at radius 1 is 0.933 bits per heavy atom. The number of rotatable bonds is 6. The van der Waals surface area contributed by atoms with Crippen molar-refractivity contribution >= 4 is 29.4 Å². The van der Waals surface area contributed by atoms with Crippen molar-refractivity contribution in [2.24, 2.45) is 0 Å². The molecule has 0 unspecified atom stereocenters. The molecule has 0 N–H and O–H groups in total. The van der Waals surface area contributed by atoms with Gasteiger partial charge in [0, 0.05) is 25.2 Å². The summed E-state index contributed by atoms with van der Waals surface area (Å²) in [6.45, 7) is 0.419. The highest BCUT2D eigenvalue weighted by atomic mass is 16.5. The SMILES string of the molecule is O=C(CCCN1C(=O)c2ccccc2C1=O)OCC(=O)N1CCCc2ccccc21. The molecule has 2 heterocycles. The molecule has 2 aromatic carbocycles. The number of nitrogens with zero attached hydrogens (tertiary/aromatic N) is 2. The summed E-state index contributed by atoms with van der Waals surface area (Å²) < 4.78 is 5.13. The normalized spacial score (nSPS) is 15.1. The summed E-state index contributed by atoms with van der Waals surface area (Å²) in [4.78, 5) is 52.0. The number of hydrogen-bond acceptors (Lipinski definition) is 5. The van der Waals surface area contributed by atoms with Crippen molar-refractivity contribution in [3.8, 4) is 0 Å². The predicted octanol–water partition coefficient (Wildman–Crippen LogP) is 2.59. The van der Waals surface area contributed by atoms with E-state index in [1.807, 2.05) is 24.3 Å². The minimum absolute atomic E-state index is 0.0251. The number of amides is 3. The Morgan fingerprint density at radius 2 is 1.60 bits per heavy atom. The van der Waals surface area contributed by atoms with Gasteiger partial charge in [-0.25, -0.2) is 0 Å². The molecule has 154 valence electrons. The summed E-state index contributed by atoms with van der Waals surface area (Å²) >= 11 is 0. The van der Waals surface area contributed by atoms with Crippen molar-refractivity contribution in [2.45, 2.75) is 25.7 Å². The number of carbonyl (C=O) groups is 4. The van der Waals surface area contributed by atoms with Crippen LogP contribution in [0.5, 0.6) is 0 Å². The number of hydrogen-bond donors (Lipinski definition) is 0. The third kappa shape index (κ3) is 3.83. The second-order valence-electron chi connectivity index (χ2n) is 7.35. The predicted molar refractivity (Wildman–Crippen MR) is 109 cm³/mol. The van der Waals surface area contributed by atoms with Crippen LogP contribution in [0.25, 0.3) is 0 Å². The van der Waals surface area contributed by atoms with Crippen LogP contribution in [0.4, 0.5) is 5.69 Å². The molecule has 0 bridgehead atoms. The number of imide groups is 1. The lowest BCUT2D eigenvalue weighted by Gasteiger charge is -2.29. The highest BCUT2D eigenvalue weighted by Gasteiger charge is 2.34. The summed E-state index contributed by atoms with van der Waals surface area (Å²) in [5.41, 5.74) is 2.76. The van der Waals surface area contributed by atoms with E-state index in [4.69, 9.17) is 4.74 Å². The van der Waals surface area contributed by atoms with Gasteiger partial charge in [-0.1, -0.05) is 30.3 Å². The maximum atomic E-state index is 12.5. The number of fused-ring (bicyclic) bond motifs is 2. The van der Waals surface area contributed by atoms with Gasteiger partial charge in [0.1, 0.15) is 0 Å². The molecule has 3 amide bonds. The first-order valence-corrected chi connectivity index (χ1v) is 10.1. The second kappa shape index (κ2) is 8.49. The molecule has 7 heteroatoms.